The third-order valence-electron chi connectivity index (χ3n) is 2.10. The predicted molar refractivity (Wildman–Crippen MR) is 69.7 cm³/mol. The standard InChI is InChI=1S/C11H14Cl2N2O2/c1-15(4-5-16)7-11(17)14-8-2-3-9(12)10(13)6-8/h2-3,6,16H,4-5,7H2,1H3,(H,14,17). The van der Waals surface area contributed by atoms with Crippen LogP contribution in [0.5, 0.6) is 0 Å². The smallest absolute Gasteiger partial charge is 0.238 e. The fourth-order valence-corrected chi connectivity index (χ4v) is 1.57. The van der Waals surface area contributed by atoms with Crippen molar-refractivity contribution in [3.05, 3.63) is 28.2 Å². The van der Waals surface area contributed by atoms with E-state index in [0.717, 1.165) is 0 Å². The Morgan fingerprint density at radius 1 is 1.41 bits per heavy atom. The van der Waals surface area contributed by atoms with Crippen molar-refractivity contribution in [3.63, 3.8) is 0 Å². The van der Waals surface area contributed by atoms with Gasteiger partial charge in [-0.1, -0.05) is 23.2 Å². The van der Waals surface area contributed by atoms with Gasteiger partial charge in [0.2, 0.25) is 5.91 Å². The molecule has 0 saturated heterocycles. The second kappa shape index (κ2) is 6.81. The first-order valence-corrected chi connectivity index (χ1v) is 5.83. The maximum atomic E-state index is 11.6. The lowest BCUT2D eigenvalue weighted by atomic mass is 10.3. The molecule has 0 aliphatic rings. The maximum Gasteiger partial charge on any atom is 0.238 e. The van der Waals surface area contributed by atoms with E-state index >= 15 is 0 Å². The van der Waals surface area contributed by atoms with Crippen molar-refractivity contribution in [1.82, 2.24) is 4.90 Å². The molecule has 0 fully saturated rings. The number of amides is 1. The second-order valence-electron chi connectivity index (χ2n) is 3.64. The van der Waals surface area contributed by atoms with Crippen LogP contribution in [0, 0.1) is 0 Å². The Labute approximate surface area is 110 Å². The molecule has 4 nitrogen and oxygen atoms in total. The summed E-state index contributed by atoms with van der Waals surface area (Å²) >= 11 is 11.6. The molecule has 0 spiro atoms. The van der Waals surface area contributed by atoms with Crippen LogP contribution in [0.4, 0.5) is 5.69 Å². The maximum absolute atomic E-state index is 11.6. The summed E-state index contributed by atoms with van der Waals surface area (Å²) in [5.74, 6) is -0.167. The molecular weight excluding hydrogens is 263 g/mol. The van der Waals surface area contributed by atoms with Crippen molar-refractivity contribution in [1.29, 1.82) is 0 Å². The van der Waals surface area contributed by atoms with Gasteiger partial charge in [0.05, 0.1) is 23.2 Å². The van der Waals surface area contributed by atoms with Gasteiger partial charge < -0.3 is 10.4 Å². The Bertz CT molecular complexity index is 399. The summed E-state index contributed by atoms with van der Waals surface area (Å²) in [6, 6.07) is 4.89. The summed E-state index contributed by atoms with van der Waals surface area (Å²) in [5.41, 5.74) is 0.599. The third kappa shape index (κ3) is 4.91. The summed E-state index contributed by atoms with van der Waals surface area (Å²) in [5, 5.41) is 12.2. The molecule has 1 aromatic carbocycles. The zero-order chi connectivity index (χ0) is 12.8. The summed E-state index contributed by atoms with van der Waals surface area (Å²) in [4.78, 5) is 13.3. The number of carbonyl (C=O) groups is 1. The molecule has 1 rings (SSSR count). The van der Waals surface area contributed by atoms with Crippen molar-refractivity contribution < 1.29 is 9.90 Å². The van der Waals surface area contributed by atoms with E-state index in [-0.39, 0.29) is 19.1 Å². The molecule has 0 unspecified atom stereocenters. The Morgan fingerprint density at radius 3 is 2.71 bits per heavy atom. The minimum Gasteiger partial charge on any atom is -0.395 e. The number of rotatable bonds is 5. The second-order valence-corrected chi connectivity index (χ2v) is 4.45. The minimum atomic E-state index is -0.167. The van der Waals surface area contributed by atoms with Gasteiger partial charge in [0.1, 0.15) is 0 Å². The first-order valence-electron chi connectivity index (χ1n) is 5.07. The monoisotopic (exact) mass is 276 g/mol. The number of nitrogens with one attached hydrogen (secondary N) is 1. The quantitative estimate of drug-likeness (QED) is 0.863. The van der Waals surface area contributed by atoms with Gasteiger partial charge in [-0.25, -0.2) is 0 Å². The number of carbonyl (C=O) groups excluding carboxylic acids is 1. The number of likely N-dealkylation sites (N-methyl/N-ethyl adjacent to an activating group) is 1. The van der Waals surface area contributed by atoms with Gasteiger partial charge in [0.25, 0.3) is 0 Å². The van der Waals surface area contributed by atoms with E-state index < -0.39 is 0 Å². The molecule has 0 radical (unpaired) electrons. The zero-order valence-corrected chi connectivity index (χ0v) is 10.9. The van der Waals surface area contributed by atoms with Crippen molar-refractivity contribution in [2.45, 2.75) is 0 Å². The third-order valence-corrected chi connectivity index (χ3v) is 2.84. The number of aliphatic hydroxyl groups excluding tert-OH is 1. The van der Waals surface area contributed by atoms with Crippen LogP contribution < -0.4 is 5.32 Å². The molecule has 94 valence electrons. The number of hydrogen-bond acceptors (Lipinski definition) is 3. The molecule has 0 heterocycles. The molecule has 0 bridgehead atoms. The van der Waals surface area contributed by atoms with Crippen LogP contribution in [0.2, 0.25) is 10.0 Å². The van der Waals surface area contributed by atoms with Crippen LogP contribution >= 0.6 is 23.2 Å². The largest absolute Gasteiger partial charge is 0.395 e. The highest BCUT2D eigenvalue weighted by Crippen LogP contribution is 2.24. The van der Waals surface area contributed by atoms with Gasteiger partial charge in [-0.2, -0.15) is 0 Å². The molecule has 0 aliphatic carbocycles. The number of benzene rings is 1. The van der Waals surface area contributed by atoms with Crippen molar-refractivity contribution >= 4 is 34.8 Å². The highest BCUT2D eigenvalue weighted by Gasteiger charge is 2.07. The first kappa shape index (κ1) is 14.3. The highest BCUT2D eigenvalue weighted by molar-refractivity contribution is 6.42. The molecule has 6 heteroatoms. The van der Waals surface area contributed by atoms with Crippen LogP contribution in [0.15, 0.2) is 18.2 Å². The molecule has 0 saturated carbocycles. The number of aliphatic hydroxyl groups is 1. The highest BCUT2D eigenvalue weighted by atomic mass is 35.5. The van der Waals surface area contributed by atoms with Crippen molar-refractivity contribution in [3.8, 4) is 0 Å². The van der Waals surface area contributed by atoms with Crippen LogP contribution in [0.3, 0.4) is 0 Å². The molecule has 2 N–H and O–H groups in total. The van der Waals surface area contributed by atoms with Gasteiger partial charge in [-0.3, -0.25) is 9.69 Å². The first-order chi connectivity index (χ1) is 8.02. The Balaban J connectivity index is 2.53. The summed E-state index contributed by atoms with van der Waals surface area (Å²) in [7, 11) is 1.75. The Hall–Kier alpha value is -0.810. The molecule has 1 amide bonds. The zero-order valence-electron chi connectivity index (χ0n) is 9.41. The van der Waals surface area contributed by atoms with Gasteiger partial charge in [0, 0.05) is 12.2 Å². The number of nitrogens with zero attached hydrogens (tertiary/aromatic N) is 1. The Kier molecular flexibility index (Phi) is 5.71. The minimum absolute atomic E-state index is 0.0244. The average Bonchev–Trinajstić information content (AvgIpc) is 2.23. The van der Waals surface area contributed by atoms with Gasteiger partial charge in [0.15, 0.2) is 0 Å². The summed E-state index contributed by atoms with van der Waals surface area (Å²) in [6.07, 6.45) is 0. The molecular formula is C11H14Cl2N2O2. The SMILES string of the molecule is CN(CCO)CC(=O)Nc1ccc(Cl)c(Cl)c1. The van der Waals surface area contributed by atoms with E-state index in [2.05, 4.69) is 5.32 Å². The summed E-state index contributed by atoms with van der Waals surface area (Å²) in [6.45, 7) is 0.687. The average molecular weight is 277 g/mol. The normalized spacial score (nSPS) is 10.6. The lowest BCUT2D eigenvalue weighted by molar-refractivity contribution is -0.117. The van der Waals surface area contributed by atoms with E-state index in [1.807, 2.05) is 0 Å². The van der Waals surface area contributed by atoms with Crippen LogP contribution in [0.25, 0.3) is 0 Å². The van der Waals surface area contributed by atoms with Gasteiger partial charge in [-0.05, 0) is 25.2 Å². The van der Waals surface area contributed by atoms with E-state index in [1.54, 1.807) is 30.1 Å². The molecule has 1 aromatic rings. The van der Waals surface area contributed by atoms with E-state index in [4.69, 9.17) is 28.3 Å². The fourth-order valence-electron chi connectivity index (χ4n) is 1.27. The molecule has 0 aliphatic heterocycles. The van der Waals surface area contributed by atoms with E-state index in [9.17, 15) is 4.79 Å². The lowest BCUT2D eigenvalue weighted by Crippen LogP contribution is -2.32. The van der Waals surface area contributed by atoms with Gasteiger partial charge in [-0.15, -0.1) is 0 Å². The topological polar surface area (TPSA) is 52.6 Å². The number of anilines is 1. The molecule has 17 heavy (non-hydrogen) atoms. The van der Waals surface area contributed by atoms with Crippen LogP contribution in [-0.2, 0) is 4.79 Å². The van der Waals surface area contributed by atoms with E-state index in [0.29, 0.717) is 22.3 Å². The van der Waals surface area contributed by atoms with Crippen LogP contribution in [0.1, 0.15) is 0 Å². The predicted octanol–water partition coefficient (Wildman–Crippen LogP) is 1.86. The van der Waals surface area contributed by atoms with Crippen molar-refractivity contribution in [2.24, 2.45) is 0 Å². The van der Waals surface area contributed by atoms with Crippen molar-refractivity contribution in [2.75, 3.05) is 32.1 Å². The molecule has 0 aromatic heterocycles. The Morgan fingerprint density at radius 2 is 2.12 bits per heavy atom. The van der Waals surface area contributed by atoms with E-state index in [1.165, 1.54) is 0 Å². The van der Waals surface area contributed by atoms with Crippen LogP contribution in [-0.4, -0.2) is 42.7 Å². The summed E-state index contributed by atoms with van der Waals surface area (Å²) < 4.78 is 0. The number of halogens is 2. The number of hydrogen-bond donors (Lipinski definition) is 2. The lowest BCUT2D eigenvalue weighted by Gasteiger charge is -2.14. The van der Waals surface area contributed by atoms with Gasteiger partial charge >= 0.3 is 0 Å². The fraction of sp³-hybridized carbons (Fsp3) is 0.364. The molecule has 0 atom stereocenters.